The van der Waals surface area contributed by atoms with Gasteiger partial charge < -0.3 is 19.6 Å². The molecule has 1 aromatic carbocycles. The molecule has 25 heavy (non-hydrogen) atoms. The summed E-state index contributed by atoms with van der Waals surface area (Å²) in [6.07, 6.45) is -1.46. The summed E-state index contributed by atoms with van der Waals surface area (Å²) in [5, 5.41) is 6.95. The van der Waals surface area contributed by atoms with Crippen molar-refractivity contribution in [2.45, 2.75) is 27.0 Å². The highest BCUT2D eigenvalue weighted by molar-refractivity contribution is 5.99. The molecule has 0 saturated carbocycles. The zero-order valence-corrected chi connectivity index (χ0v) is 14.0. The van der Waals surface area contributed by atoms with Crippen LogP contribution in [0.1, 0.15) is 27.4 Å². The second kappa shape index (κ2) is 6.40. The Morgan fingerprint density at radius 3 is 2.72 bits per heavy atom. The topological polar surface area (TPSA) is 123 Å². The van der Waals surface area contributed by atoms with Gasteiger partial charge in [0, 0.05) is 22.7 Å². The Hall–Kier alpha value is -3.13. The van der Waals surface area contributed by atoms with E-state index in [2.05, 4.69) is 15.5 Å². The molecule has 0 bridgehead atoms. The van der Waals surface area contributed by atoms with Crippen LogP contribution in [0.5, 0.6) is 0 Å². The van der Waals surface area contributed by atoms with Crippen molar-refractivity contribution in [3.05, 3.63) is 46.8 Å². The molecule has 1 amide bonds. The van der Waals surface area contributed by atoms with E-state index in [-0.39, 0.29) is 5.82 Å². The molecule has 130 valence electrons. The molecule has 2 heterocycles. The van der Waals surface area contributed by atoms with Crippen molar-refractivity contribution in [3.8, 4) is 0 Å². The lowest BCUT2D eigenvalue weighted by Gasteiger charge is -2.12. The molecule has 2 aromatic heterocycles. The maximum atomic E-state index is 12.3. The standard InChI is InChI=1S/C17H18N4O4/c1-8-6-14(21-25-8)20-16(22)15(18)24-17(23)11-4-5-13-12(7-11)9(2)10(3)19-13/h4-7,15,19H,18H2,1-3H3,(H,20,21,22)/t15-/m0/s1. The molecule has 0 aliphatic carbocycles. The summed E-state index contributed by atoms with van der Waals surface area (Å²) in [6.45, 7) is 5.60. The van der Waals surface area contributed by atoms with E-state index < -0.39 is 18.1 Å². The number of ether oxygens (including phenoxy) is 1. The Kier molecular flexibility index (Phi) is 4.28. The number of nitrogens with zero attached hydrogens (tertiary/aromatic N) is 1. The highest BCUT2D eigenvalue weighted by Crippen LogP contribution is 2.22. The van der Waals surface area contributed by atoms with Gasteiger partial charge in [-0.3, -0.25) is 10.5 Å². The van der Waals surface area contributed by atoms with Crippen molar-refractivity contribution < 1.29 is 18.8 Å². The lowest BCUT2D eigenvalue weighted by Crippen LogP contribution is -2.39. The summed E-state index contributed by atoms with van der Waals surface area (Å²) < 4.78 is 9.86. The fourth-order valence-corrected chi connectivity index (χ4v) is 2.45. The van der Waals surface area contributed by atoms with Crippen LogP contribution in [-0.2, 0) is 9.53 Å². The Morgan fingerprint density at radius 2 is 2.04 bits per heavy atom. The van der Waals surface area contributed by atoms with E-state index in [0.29, 0.717) is 11.3 Å². The monoisotopic (exact) mass is 342 g/mol. The smallest absolute Gasteiger partial charge is 0.340 e. The van der Waals surface area contributed by atoms with Crippen LogP contribution in [-0.4, -0.2) is 28.2 Å². The van der Waals surface area contributed by atoms with Crippen LogP contribution in [0.2, 0.25) is 0 Å². The van der Waals surface area contributed by atoms with E-state index in [1.165, 1.54) is 6.07 Å². The van der Waals surface area contributed by atoms with Crippen LogP contribution >= 0.6 is 0 Å². The number of fused-ring (bicyclic) bond motifs is 1. The summed E-state index contributed by atoms with van der Waals surface area (Å²) in [6, 6.07) is 6.64. The molecule has 0 unspecified atom stereocenters. The maximum Gasteiger partial charge on any atom is 0.340 e. The van der Waals surface area contributed by atoms with Crippen LogP contribution in [0.15, 0.2) is 28.8 Å². The van der Waals surface area contributed by atoms with E-state index >= 15 is 0 Å². The molecule has 0 aliphatic rings. The average Bonchev–Trinajstić information content (AvgIpc) is 3.10. The number of carbonyl (C=O) groups excluding carboxylic acids is 2. The number of aromatic nitrogens is 2. The number of H-pyrrole nitrogens is 1. The normalized spacial score (nSPS) is 12.2. The van der Waals surface area contributed by atoms with Crippen molar-refractivity contribution in [3.63, 3.8) is 0 Å². The molecule has 3 aromatic rings. The number of aromatic amines is 1. The number of carbonyl (C=O) groups is 2. The van der Waals surface area contributed by atoms with Crippen LogP contribution in [0.25, 0.3) is 10.9 Å². The van der Waals surface area contributed by atoms with Crippen molar-refractivity contribution in [1.29, 1.82) is 0 Å². The van der Waals surface area contributed by atoms with Gasteiger partial charge in [0.15, 0.2) is 5.82 Å². The highest BCUT2D eigenvalue weighted by atomic mass is 16.6. The summed E-state index contributed by atoms with van der Waals surface area (Å²) in [4.78, 5) is 27.4. The van der Waals surface area contributed by atoms with Crippen LogP contribution in [0, 0.1) is 20.8 Å². The molecule has 0 spiro atoms. The predicted octanol–water partition coefficient (Wildman–Crippen LogP) is 2.16. The minimum absolute atomic E-state index is 0.203. The zero-order chi connectivity index (χ0) is 18.1. The molecule has 3 rings (SSSR count). The number of anilines is 1. The van der Waals surface area contributed by atoms with Gasteiger partial charge in [0.25, 0.3) is 5.91 Å². The van der Waals surface area contributed by atoms with Crippen molar-refractivity contribution >= 4 is 28.6 Å². The number of rotatable bonds is 4. The first-order valence-corrected chi connectivity index (χ1v) is 7.65. The molecule has 8 nitrogen and oxygen atoms in total. The summed E-state index contributed by atoms with van der Waals surface area (Å²) in [5.41, 5.74) is 8.95. The fraction of sp³-hybridized carbons (Fsp3) is 0.235. The van der Waals surface area contributed by atoms with Gasteiger partial charge in [-0.15, -0.1) is 0 Å². The minimum atomic E-state index is -1.46. The number of hydrogen-bond acceptors (Lipinski definition) is 6. The van der Waals surface area contributed by atoms with Crippen LogP contribution in [0.4, 0.5) is 5.82 Å². The molecule has 8 heteroatoms. The van der Waals surface area contributed by atoms with E-state index in [9.17, 15) is 9.59 Å². The average molecular weight is 342 g/mol. The van der Waals surface area contributed by atoms with Gasteiger partial charge in [0.1, 0.15) is 5.76 Å². The van der Waals surface area contributed by atoms with Crippen molar-refractivity contribution in [2.75, 3.05) is 5.32 Å². The number of amides is 1. The fourth-order valence-electron chi connectivity index (χ4n) is 2.45. The third-order valence-corrected chi connectivity index (χ3v) is 3.92. The van der Waals surface area contributed by atoms with Gasteiger partial charge in [-0.05, 0) is 44.5 Å². The molecule has 0 fully saturated rings. The number of hydrogen-bond donors (Lipinski definition) is 3. The highest BCUT2D eigenvalue weighted by Gasteiger charge is 2.21. The number of nitrogens with two attached hydrogens (primary N) is 1. The third-order valence-electron chi connectivity index (χ3n) is 3.92. The quantitative estimate of drug-likeness (QED) is 0.493. The summed E-state index contributed by atoms with van der Waals surface area (Å²) >= 11 is 0. The minimum Gasteiger partial charge on any atom is -0.434 e. The Bertz CT molecular complexity index is 957. The second-order valence-electron chi connectivity index (χ2n) is 5.77. The SMILES string of the molecule is Cc1cc(NC(=O)[C@@H](N)OC(=O)c2ccc3[nH]c(C)c(C)c3c2)no1. The molecular weight excluding hydrogens is 324 g/mol. The van der Waals surface area contributed by atoms with Crippen LogP contribution < -0.4 is 11.1 Å². The molecular formula is C17H18N4O4. The van der Waals surface area contributed by atoms with E-state index in [4.69, 9.17) is 15.0 Å². The van der Waals surface area contributed by atoms with E-state index in [0.717, 1.165) is 22.2 Å². The molecule has 1 atom stereocenters. The number of esters is 1. The number of nitrogens with one attached hydrogen (secondary N) is 2. The van der Waals surface area contributed by atoms with E-state index in [1.807, 2.05) is 13.8 Å². The lowest BCUT2D eigenvalue weighted by molar-refractivity contribution is -0.124. The molecule has 4 N–H and O–H groups in total. The molecule has 0 radical (unpaired) electrons. The third kappa shape index (κ3) is 3.38. The van der Waals surface area contributed by atoms with Gasteiger partial charge in [-0.1, -0.05) is 5.16 Å². The largest absolute Gasteiger partial charge is 0.434 e. The Morgan fingerprint density at radius 1 is 1.28 bits per heavy atom. The first-order chi connectivity index (χ1) is 11.8. The number of benzene rings is 1. The number of aryl methyl sites for hydroxylation is 3. The van der Waals surface area contributed by atoms with Gasteiger partial charge in [0.2, 0.25) is 6.23 Å². The second-order valence-corrected chi connectivity index (χ2v) is 5.77. The van der Waals surface area contributed by atoms with Gasteiger partial charge >= 0.3 is 5.97 Å². The van der Waals surface area contributed by atoms with Crippen molar-refractivity contribution in [2.24, 2.45) is 5.73 Å². The maximum absolute atomic E-state index is 12.3. The molecule has 0 aliphatic heterocycles. The lowest BCUT2D eigenvalue weighted by atomic mass is 10.1. The van der Waals surface area contributed by atoms with Crippen LogP contribution in [0.3, 0.4) is 0 Å². The van der Waals surface area contributed by atoms with Crippen molar-refractivity contribution in [1.82, 2.24) is 10.1 Å². The van der Waals surface area contributed by atoms with Gasteiger partial charge in [0.05, 0.1) is 5.56 Å². The van der Waals surface area contributed by atoms with Gasteiger partial charge in [-0.25, -0.2) is 4.79 Å². The van der Waals surface area contributed by atoms with E-state index in [1.54, 1.807) is 25.1 Å². The summed E-state index contributed by atoms with van der Waals surface area (Å²) in [7, 11) is 0. The summed E-state index contributed by atoms with van der Waals surface area (Å²) in [5.74, 6) is -0.643. The first-order valence-electron chi connectivity index (χ1n) is 7.65. The predicted molar refractivity (Wildman–Crippen MR) is 91.0 cm³/mol. The Labute approximate surface area is 143 Å². The Balaban J connectivity index is 1.70. The molecule has 0 saturated heterocycles. The first kappa shape index (κ1) is 16.7. The van der Waals surface area contributed by atoms with Gasteiger partial charge in [-0.2, -0.15) is 0 Å². The zero-order valence-electron chi connectivity index (χ0n) is 14.0.